The van der Waals surface area contributed by atoms with Gasteiger partial charge in [0.1, 0.15) is 0 Å². The maximum Gasteiger partial charge on any atom is 1.00 e. The number of hydrogen-bond acceptors (Lipinski definition) is 0. The summed E-state index contributed by atoms with van der Waals surface area (Å²) < 4.78 is 0. The summed E-state index contributed by atoms with van der Waals surface area (Å²) >= 11 is 0. The van der Waals surface area contributed by atoms with Crippen molar-refractivity contribution < 1.29 is 58.2 Å². The summed E-state index contributed by atoms with van der Waals surface area (Å²) in [7, 11) is 0. The molecule has 3 rings (SSSR count). The minimum absolute atomic E-state index is 0. The Kier molecular flexibility index (Phi) is 9.23. The van der Waals surface area contributed by atoms with Gasteiger partial charge in [-0.15, -0.1) is 0 Å². The largest absolute Gasteiger partial charge is 1.00 e. The van der Waals surface area contributed by atoms with E-state index in [1.54, 1.807) is 22.3 Å². The summed E-state index contributed by atoms with van der Waals surface area (Å²) in [5.41, 5.74) is 6.42. The average Bonchev–Trinajstić information content (AvgIpc) is 2.57. The number of rotatable bonds is 4. The van der Waals surface area contributed by atoms with Crippen LogP contribution in [0.4, 0.5) is 0 Å². The van der Waals surface area contributed by atoms with Crippen molar-refractivity contribution in [2.45, 2.75) is 85.0 Å². The minimum Gasteiger partial charge on any atom is -0.328 e. The summed E-state index contributed by atoms with van der Waals surface area (Å²) in [6.45, 7) is 7.16. The summed E-state index contributed by atoms with van der Waals surface area (Å²) in [6, 6.07) is 4.92. The van der Waals surface area contributed by atoms with Crippen LogP contribution in [0.5, 0.6) is 0 Å². The van der Waals surface area contributed by atoms with Gasteiger partial charge in [-0.1, -0.05) is 44.7 Å². The second kappa shape index (κ2) is 10.4. The first-order chi connectivity index (χ1) is 11.1. The van der Waals surface area contributed by atoms with Crippen molar-refractivity contribution in [1.29, 1.82) is 0 Å². The molecule has 0 spiro atoms. The molecule has 0 radical (unpaired) electrons. The summed E-state index contributed by atoms with van der Waals surface area (Å²) in [5, 5.41) is 0. The van der Waals surface area contributed by atoms with Crippen LogP contribution in [0.1, 0.15) is 80.5 Å². The molecule has 0 aromatic heterocycles. The maximum atomic E-state index is 2.47. The van der Waals surface area contributed by atoms with E-state index in [9.17, 15) is 0 Å². The van der Waals surface area contributed by atoms with Gasteiger partial charge in [-0.05, 0) is 79.5 Å². The monoisotopic (exact) mass is 396 g/mol. The molecule has 0 unspecified atom stereocenters. The van der Waals surface area contributed by atoms with Gasteiger partial charge in [0.2, 0.25) is 0 Å². The fraction of sp³-hybridized carbons (Fsp3) is 0.696. The smallest absolute Gasteiger partial charge is 0.328 e. The molecule has 0 nitrogen and oxygen atoms in total. The molecule has 1 aromatic rings. The Morgan fingerprint density at radius 2 is 1.25 bits per heavy atom. The fourth-order valence-corrected chi connectivity index (χ4v) is 4.73. The van der Waals surface area contributed by atoms with Crippen LogP contribution in [0.25, 0.3) is 0 Å². The fourth-order valence-electron chi connectivity index (χ4n) is 4.73. The van der Waals surface area contributed by atoms with Gasteiger partial charge < -0.3 is 6.42 Å². The average molecular weight is 397 g/mol. The third-order valence-corrected chi connectivity index (χ3v) is 6.72. The van der Waals surface area contributed by atoms with Crippen molar-refractivity contribution in [3.63, 3.8) is 0 Å². The standard InChI is InChI=1S/C23H35.Rb/c1-17-9-11-21(12-10-17)16-23-14-13-22(18(2)19(23)3)15-20-7-5-4-6-8-20;/h4,13-14,17,20-21H,5-12,15-16H2,1-3H3;/q-1;+1. The molecule has 24 heavy (non-hydrogen) atoms. The molecule has 0 amide bonds. The van der Waals surface area contributed by atoms with Gasteiger partial charge in [-0.25, -0.2) is 0 Å². The Morgan fingerprint density at radius 1 is 0.792 bits per heavy atom. The SMILES string of the molecule is Cc1c(CC2CC[CH-]CC2)ccc(CC2CCC(C)CC2)c1C.[Rb+]. The molecule has 0 N–H and O–H groups in total. The molecule has 1 aromatic carbocycles. The van der Waals surface area contributed by atoms with E-state index in [-0.39, 0.29) is 58.2 Å². The van der Waals surface area contributed by atoms with E-state index in [4.69, 9.17) is 0 Å². The zero-order valence-electron chi connectivity index (χ0n) is 16.5. The van der Waals surface area contributed by atoms with Crippen molar-refractivity contribution in [3.8, 4) is 0 Å². The van der Waals surface area contributed by atoms with Crippen LogP contribution < -0.4 is 58.2 Å². The van der Waals surface area contributed by atoms with Gasteiger partial charge in [-0.2, -0.15) is 12.8 Å². The van der Waals surface area contributed by atoms with Gasteiger partial charge >= 0.3 is 58.2 Å². The van der Waals surface area contributed by atoms with Crippen LogP contribution in [0.2, 0.25) is 0 Å². The van der Waals surface area contributed by atoms with Crippen LogP contribution in [-0.2, 0) is 12.8 Å². The van der Waals surface area contributed by atoms with Crippen LogP contribution in [0.15, 0.2) is 12.1 Å². The van der Waals surface area contributed by atoms with Gasteiger partial charge in [0, 0.05) is 0 Å². The molecule has 1 heteroatoms. The van der Waals surface area contributed by atoms with Gasteiger partial charge in [0.05, 0.1) is 0 Å². The Bertz CT molecular complexity index is 505. The van der Waals surface area contributed by atoms with E-state index in [0.717, 1.165) is 17.8 Å². The molecule has 0 heterocycles. The van der Waals surface area contributed by atoms with Crippen molar-refractivity contribution in [2.75, 3.05) is 0 Å². The summed E-state index contributed by atoms with van der Waals surface area (Å²) in [5.74, 6) is 2.82. The van der Waals surface area contributed by atoms with Crippen LogP contribution in [-0.4, -0.2) is 0 Å². The first-order valence-electron chi connectivity index (χ1n) is 10.0. The van der Waals surface area contributed by atoms with E-state index in [1.807, 2.05) is 0 Å². The van der Waals surface area contributed by atoms with Gasteiger partial charge in [0.25, 0.3) is 0 Å². The molecule has 0 bridgehead atoms. The predicted octanol–water partition coefficient (Wildman–Crippen LogP) is 3.61. The molecule has 128 valence electrons. The third-order valence-electron chi connectivity index (χ3n) is 6.72. The van der Waals surface area contributed by atoms with E-state index < -0.39 is 0 Å². The molecule has 2 saturated carbocycles. The van der Waals surface area contributed by atoms with Gasteiger partial charge in [0.15, 0.2) is 0 Å². The molecule has 0 saturated heterocycles. The summed E-state index contributed by atoms with van der Waals surface area (Å²) in [4.78, 5) is 0. The zero-order valence-corrected chi connectivity index (χ0v) is 21.5. The Morgan fingerprint density at radius 3 is 1.75 bits per heavy atom. The summed E-state index contributed by atoms with van der Waals surface area (Å²) in [6.07, 6.45) is 16.4. The number of hydrogen-bond donors (Lipinski definition) is 0. The molecule has 2 fully saturated rings. The zero-order chi connectivity index (χ0) is 16.2. The molecular weight excluding hydrogens is 362 g/mol. The first kappa shape index (κ1) is 21.3. The molecular formula is C23H35Rb. The second-order valence-corrected chi connectivity index (χ2v) is 8.48. The van der Waals surface area contributed by atoms with E-state index in [0.29, 0.717) is 0 Å². The molecule has 0 aliphatic heterocycles. The maximum absolute atomic E-state index is 2.47. The Hall–Kier alpha value is 1.03. The molecule has 2 aliphatic carbocycles. The van der Waals surface area contributed by atoms with Crippen LogP contribution in [0, 0.1) is 38.0 Å². The Labute approximate surface area is 199 Å². The Balaban J connectivity index is 0.00000208. The quantitative estimate of drug-likeness (QED) is 0.682. The van der Waals surface area contributed by atoms with Gasteiger partial charge in [-0.3, -0.25) is 0 Å². The minimum atomic E-state index is 0. The van der Waals surface area contributed by atoms with Crippen LogP contribution >= 0.6 is 0 Å². The van der Waals surface area contributed by atoms with Crippen molar-refractivity contribution in [2.24, 2.45) is 17.8 Å². The van der Waals surface area contributed by atoms with Crippen molar-refractivity contribution in [3.05, 3.63) is 40.8 Å². The van der Waals surface area contributed by atoms with E-state index >= 15 is 0 Å². The first-order valence-corrected chi connectivity index (χ1v) is 10.0. The topological polar surface area (TPSA) is 0 Å². The van der Waals surface area contributed by atoms with E-state index in [1.165, 1.54) is 64.2 Å². The third kappa shape index (κ3) is 5.76. The second-order valence-electron chi connectivity index (χ2n) is 8.48. The van der Waals surface area contributed by atoms with E-state index in [2.05, 4.69) is 39.3 Å². The normalized spacial score (nSPS) is 25.3. The van der Waals surface area contributed by atoms with Crippen molar-refractivity contribution >= 4 is 0 Å². The van der Waals surface area contributed by atoms with Crippen molar-refractivity contribution in [1.82, 2.24) is 0 Å². The number of benzene rings is 1. The molecule has 0 atom stereocenters. The van der Waals surface area contributed by atoms with Crippen LogP contribution in [0.3, 0.4) is 0 Å². The molecule has 2 aliphatic rings. The predicted molar refractivity (Wildman–Crippen MR) is 101 cm³/mol.